The summed E-state index contributed by atoms with van der Waals surface area (Å²) in [5.41, 5.74) is 2.46. The SMILES string of the molecule is O=C(CCC1NC(=O)c2ccccc2NC1=O)Nc1nc(-c2cccnc2)cs1. The summed E-state index contributed by atoms with van der Waals surface area (Å²) in [4.78, 5) is 45.4. The predicted molar refractivity (Wildman–Crippen MR) is 110 cm³/mol. The molecule has 2 aromatic heterocycles. The third-order valence-corrected chi connectivity index (χ3v) is 5.18. The number of amides is 3. The first kappa shape index (κ1) is 18.8. The molecule has 1 unspecified atom stereocenters. The topological polar surface area (TPSA) is 113 Å². The van der Waals surface area contributed by atoms with Crippen LogP contribution >= 0.6 is 11.3 Å². The molecule has 4 rings (SSSR count). The molecule has 3 aromatic rings. The number of para-hydroxylation sites is 1. The van der Waals surface area contributed by atoms with Gasteiger partial charge in [0, 0.05) is 29.8 Å². The van der Waals surface area contributed by atoms with Crippen LogP contribution in [0, 0.1) is 0 Å². The molecule has 1 atom stereocenters. The molecule has 29 heavy (non-hydrogen) atoms. The van der Waals surface area contributed by atoms with Crippen molar-refractivity contribution in [1.82, 2.24) is 15.3 Å². The van der Waals surface area contributed by atoms with E-state index in [9.17, 15) is 14.4 Å². The molecule has 0 saturated heterocycles. The van der Waals surface area contributed by atoms with Crippen LogP contribution in [0.1, 0.15) is 23.2 Å². The molecule has 3 N–H and O–H groups in total. The minimum atomic E-state index is -0.789. The highest BCUT2D eigenvalue weighted by atomic mass is 32.1. The van der Waals surface area contributed by atoms with Gasteiger partial charge in [-0.1, -0.05) is 12.1 Å². The second kappa shape index (κ2) is 8.19. The Morgan fingerprint density at radius 3 is 2.86 bits per heavy atom. The number of nitrogens with zero attached hydrogens (tertiary/aromatic N) is 2. The van der Waals surface area contributed by atoms with E-state index >= 15 is 0 Å². The van der Waals surface area contributed by atoms with Crippen LogP contribution in [0.15, 0.2) is 54.2 Å². The zero-order valence-electron chi connectivity index (χ0n) is 15.2. The highest BCUT2D eigenvalue weighted by molar-refractivity contribution is 7.14. The summed E-state index contributed by atoms with van der Waals surface area (Å²) in [5, 5.41) is 10.4. The van der Waals surface area contributed by atoms with Gasteiger partial charge in [0.1, 0.15) is 6.04 Å². The van der Waals surface area contributed by atoms with E-state index in [2.05, 4.69) is 25.9 Å². The normalized spacial score (nSPS) is 15.7. The number of fused-ring (bicyclic) bond motifs is 1. The van der Waals surface area contributed by atoms with Gasteiger partial charge < -0.3 is 16.0 Å². The highest BCUT2D eigenvalue weighted by Crippen LogP contribution is 2.24. The summed E-state index contributed by atoms with van der Waals surface area (Å²) >= 11 is 1.31. The monoisotopic (exact) mass is 407 g/mol. The van der Waals surface area contributed by atoms with Crippen LogP contribution in [0.25, 0.3) is 11.3 Å². The summed E-state index contributed by atoms with van der Waals surface area (Å²) in [6.45, 7) is 0. The van der Waals surface area contributed by atoms with E-state index in [1.165, 1.54) is 11.3 Å². The number of hydrogen-bond acceptors (Lipinski definition) is 6. The van der Waals surface area contributed by atoms with E-state index in [4.69, 9.17) is 0 Å². The van der Waals surface area contributed by atoms with E-state index in [1.807, 2.05) is 17.5 Å². The van der Waals surface area contributed by atoms with Gasteiger partial charge in [0.05, 0.1) is 16.9 Å². The lowest BCUT2D eigenvalue weighted by atomic mass is 10.1. The molecule has 9 heteroatoms. The van der Waals surface area contributed by atoms with Gasteiger partial charge in [0.2, 0.25) is 11.8 Å². The van der Waals surface area contributed by atoms with Crippen molar-refractivity contribution < 1.29 is 14.4 Å². The van der Waals surface area contributed by atoms with Gasteiger partial charge in [-0.25, -0.2) is 4.98 Å². The lowest BCUT2D eigenvalue weighted by Gasteiger charge is -2.13. The Balaban J connectivity index is 1.35. The molecule has 0 saturated carbocycles. The van der Waals surface area contributed by atoms with Crippen molar-refractivity contribution in [3.05, 3.63) is 59.7 Å². The number of pyridine rings is 1. The molecule has 146 valence electrons. The van der Waals surface area contributed by atoms with Gasteiger partial charge in [-0.3, -0.25) is 19.4 Å². The Bertz CT molecular complexity index is 1070. The van der Waals surface area contributed by atoms with Crippen LogP contribution in [-0.2, 0) is 9.59 Å². The second-order valence-electron chi connectivity index (χ2n) is 6.43. The summed E-state index contributed by atoms with van der Waals surface area (Å²) in [7, 11) is 0. The van der Waals surface area contributed by atoms with Crippen molar-refractivity contribution in [2.24, 2.45) is 0 Å². The molecule has 3 amide bonds. The fourth-order valence-corrected chi connectivity index (χ4v) is 3.69. The number of anilines is 2. The fourth-order valence-electron chi connectivity index (χ4n) is 2.95. The van der Waals surface area contributed by atoms with Crippen molar-refractivity contribution in [2.45, 2.75) is 18.9 Å². The Morgan fingerprint density at radius 1 is 1.17 bits per heavy atom. The van der Waals surface area contributed by atoms with E-state index in [-0.39, 0.29) is 30.6 Å². The molecular weight excluding hydrogens is 390 g/mol. The molecule has 8 nitrogen and oxygen atoms in total. The van der Waals surface area contributed by atoms with Crippen LogP contribution in [0.2, 0.25) is 0 Å². The van der Waals surface area contributed by atoms with Crippen molar-refractivity contribution in [1.29, 1.82) is 0 Å². The predicted octanol–water partition coefficient (Wildman–Crippen LogP) is 2.67. The Hall–Kier alpha value is -3.59. The zero-order valence-corrected chi connectivity index (χ0v) is 16.0. The van der Waals surface area contributed by atoms with E-state index in [0.717, 1.165) is 11.3 Å². The molecule has 1 aliphatic rings. The van der Waals surface area contributed by atoms with Gasteiger partial charge in [0.15, 0.2) is 5.13 Å². The van der Waals surface area contributed by atoms with Gasteiger partial charge in [-0.2, -0.15) is 0 Å². The van der Waals surface area contributed by atoms with Gasteiger partial charge in [0.25, 0.3) is 5.91 Å². The summed E-state index contributed by atoms with van der Waals surface area (Å²) in [5.74, 6) is -0.962. The smallest absolute Gasteiger partial charge is 0.254 e. The largest absolute Gasteiger partial charge is 0.340 e. The number of aromatic nitrogens is 2. The Kier molecular flexibility index (Phi) is 5.30. The first-order valence-corrected chi connectivity index (χ1v) is 9.84. The first-order chi connectivity index (χ1) is 14.1. The zero-order chi connectivity index (χ0) is 20.2. The molecule has 0 fully saturated rings. The Morgan fingerprint density at radius 2 is 2.03 bits per heavy atom. The standard InChI is InChI=1S/C20H17N5O3S/c26-17(25-20-24-16(11-29-20)12-4-3-9-21-10-12)8-7-15-19(28)22-14-6-2-1-5-13(14)18(27)23-15/h1-6,9-11,15H,7-8H2,(H,22,28)(H,23,27)(H,24,25,26). The highest BCUT2D eigenvalue weighted by Gasteiger charge is 2.27. The number of carbonyl (C=O) groups is 3. The van der Waals surface area contributed by atoms with Gasteiger partial charge >= 0.3 is 0 Å². The average Bonchev–Trinajstić information content (AvgIpc) is 3.15. The summed E-state index contributed by atoms with van der Waals surface area (Å²) < 4.78 is 0. The van der Waals surface area contributed by atoms with E-state index in [1.54, 1.807) is 36.7 Å². The number of thiazole rings is 1. The minimum Gasteiger partial charge on any atom is -0.340 e. The lowest BCUT2D eigenvalue weighted by Crippen LogP contribution is -2.41. The van der Waals surface area contributed by atoms with E-state index in [0.29, 0.717) is 16.4 Å². The van der Waals surface area contributed by atoms with Crippen molar-refractivity contribution >= 4 is 39.9 Å². The van der Waals surface area contributed by atoms with Crippen LogP contribution in [-0.4, -0.2) is 33.7 Å². The molecule has 1 aliphatic heterocycles. The third kappa shape index (κ3) is 4.30. The number of nitrogens with one attached hydrogen (secondary N) is 3. The summed E-state index contributed by atoms with van der Waals surface area (Å²) in [6, 6.07) is 9.70. The van der Waals surface area contributed by atoms with Gasteiger partial charge in [-0.05, 0) is 30.7 Å². The lowest BCUT2D eigenvalue weighted by molar-refractivity contribution is -0.118. The van der Waals surface area contributed by atoms with E-state index < -0.39 is 6.04 Å². The van der Waals surface area contributed by atoms with Crippen molar-refractivity contribution in [3.8, 4) is 11.3 Å². The molecule has 0 bridgehead atoms. The van der Waals surface area contributed by atoms with Crippen molar-refractivity contribution in [3.63, 3.8) is 0 Å². The van der Waals surface area contributed by atoms with Crippen LogP contribution in [0.3, 0.4) is 0 Å². The van der Waals surface area contributed by atoms with Crippen LogP contribution in [0.5, 0.6) is 0 Å². The van der Waals surface area contributed by atoms with Crippen LogP contribution in [0.4, 0.5) is 10.8 Å². The quantitative estimate of drug-likeness (QED) is 0.602. The second-order valence-corrected chi connectivity index (χ2v) is 7.29. The maximum Gasteiger partial charge on any atom is 0.254 e. The Labute approximate surface area is 170 Å². The van der Waals surface area contributed by atoms with Gasteiger partial charge in [-0.15, -0.1) is 11.3 Å². The summed E-state index contributed by atoms with van der Waals surface area (Å²) in [6.07, 6.45) is 3.63. The molecule has 0 aliphatic carbocycles. The van der Waals surface area contributed by atoms with Crippen LogP contribution < -0.4 is 16.0 Å². The molecule has 0 spiro atoms. The number of carbonyl (C=O) groups excluding carboxylic acids is 3. The number of rotatable bonds is 5. The maximum atomic E-state index is 12.4. The third-order valence-electron chi connectivity index (χ3n) is 4.42. The molecule has 3 heterocycles. The fraction of sp³-hybridized carbons (Fsp3) is 0.150. The molecular formula is C20H17N5O3S. The number of benzene rings is 1. The molecule has 1 aromatic carbocycles. The maximum absolute atomic E-state index is 12.4. The first-order valence-electron chi connectivity index (χ1n) is 8.97. The minimum absolute atomic E-state index is 0.0660. The number of hydrogen-bond donors (Lipinski definition) is 3. The average molecular weight is 407 g/mol. The van der Waals surface area contributed by atoms with Crippen molar-refractivity contribution in [2.75, 3.05) is 10.6 Å². The molecule has 0 radical (unpaired) electrons.